The number of benzene rings is 1. The molecule has 1 saturated heterocycles. The Kier molecular flexibility index (Phi) is 4.77. The van der Waals surface area contributed by atoms with Crippen LogP contribution in [0.25, 0.3) is 11.0 Å². The Bertz CT molecular complexity index is 930. The van der Waals surface area contributed by atoms with Gasteiger partial charge in [0.15, 0.2) is 9.84 Å². The highest BCUT2D eigenvalue weighted by Gasteiger charge is 2.38. The van der Waals surface area contributed by atoms with Crippen LogP contribution in [-0.4, -0.2) is 42.9 Å². The minimum absolute atomic E-state index is 0.00847. The van der Waals surface area contributed by atoms with E-state index in [1.807, 2.05) is 38.1 Å². The first-order valence-electron chi connectivity index (χ1n) is 8.88. The van der Waals surface area contributed by atoms with Crippen molar-refractivity contribution in [2.45, 2.75) is 44.9 Å². The van der Waals surface area contributed by atoms with E-state index in [4.69, 9.17) is 4.42 Å². The smallest absolute Gasteiger partial charge is 0.318 e. The van der Waals surface area contributed by atoms with Gasteiger partial charge < -0.3 is 14.6 Å². The molecule has 0 radical (unpaired) electrons. The van der Waals surface area contributed by atoms with Crippen molar-refractivity contribution < 1.29 is 17.6 Å². The molecule has 7 heteroatoms. The molecule has 142 valence electrons. The van der Waals surface area contributed by atoms with E-state index in [-0.39, 0.29) is 24.4 Å². The number of fused-ring (bicyclic) bond motifs is 1. The highest BCUT2D eigenvalue weighted by atomic mass is 32.2. The third-order valence-corrected chi connectivity index (χ3v) is 7.96. The first-order valence-corrected chi connectivity index (χ1v) is 10.5. The van der Waals surface area contributed by atoms with Crippen LogP contribution in [0, 0.1) is 6.92 Å². The average molecular weight is 378 g/mol. The van der Waals surface area contributed by atoms with E-state index in [2.05, 4.69) is 5.32 Å². The highest BCUT2D eigenvalue weighted by molar-refractivity contribution is 7.92. The molecule has 0 unspecified atom stereocenters. The van der Waals surface area contributed by atoms with Crippen molar-refractivity contribution >= 4 is 26.8 Å². The molecular weight excluding hydrogens is 352 g/mol. The number of carbonyl (C=O) groups is 1. The second-order valence-corrected chi connectivity index (χ2v) is 10.3. The van der Waals surface area contributed by atoms with Gasteiger partial charge in [-0.25, -0.2) is 13.2 Å². The third kappa shape index (κ3) is 3.32. The van der Waals surface area contributed by atoms with Crippen molar-refractivity contribution in [1.82, 2.24) is 10.2 Å². The van der Waals surface area contributed by atoms with Gasteiger partial charge in [-0.3, -0.25) is 0 Å². The minimum atomic E-state index is -3.21. The largest absolute Gasteiger partial charge is 0.459 e. The van der Waals surface area contributed by atoms with Crippen LogP contribution in [0.5, 0.6) is 0 Å². The number of hydrogen-bond acceptors (Lipinski definition) is 4. The Morgan fingerprint density at radius 1 is 1.27 bits per heavy atom. The van der Waals surface area contributed by atoms with E-state index in [9.17, 15) is 13.2 Å². The quantitative estimate of drug-likeness (QED) is 0.868. The van der Waals surface area contributed by atoms with Gasteiger partial charge in [0.2, 0.25) is 0 Å². The van der Waals surface area contributed by atoms with Gasteiger partial charge in [-0.05, 0) is 40.2 Å². The van der Waals surface area contributed by atoms with Gasteiger partial charge in [0, 0.05) is 24.0 Å². The van der Waals surface area contributed by atoms with Crippen molar-refractivity contribution in [3.05, 3.63) is 35.6 Å². The second kappa shape index (κ2) is 6.61. The van der Waals surface area contributed by atoms with E-state index in [1.54, 1.807) is 18.7 Å². The number of furan rings is 1. The van der Waals surface area contributed by atoms with E-state index < -0.39 is 14.6 Å². The number of amides is 2. The number of carbonyl (C=O) groups excluding carboxylic acids is 1. The minimum Gasteiger partial charge on any atom is -0.459 e. The van der Waals surface area contributed by atoms with Crippen LogP contribution in [0.1, 0.15) is 44.6 Å². The Morgan fingerprint density at radius 2 is 1.96 bits per heavy atom. The lowest BCUT2D eigenvalue weighted by atomic mass is 10.1. The van der Waals surface area contributed by atoms with Crippen molar-refractivity contribution in [2.24, 2.45) is 0 Å². The number of sulfone groups is 1. The fraction of sp³-hybridized carbons (Fsp3) is 0.526. The summed E-state index contributed by atoms with van der Waals surface area (Å²) in [6.45, 7) is 7.94. The molecule has 1 atom stereocenters. The number of para-hydroxylation sites is 1. The number of nitrogens with zero attached hydrogens (tertiary/aromatic N) is 1. The fourth-order valence-corrected chi connectivity index (χ4v) is 4.75. The van der Waals surface area contributed by atoms with Gasteiger partial charge >= 0.3 is 6.03 Å². The van der Waals surface area contributed by atoms with Crippen LogP contribution >= 0.6 is 0 Å². The zero-order valence-corrected chi connectivity index (χ0v) is 16.5. The topological polar surface area (TPSA) is 79.6 Å². The molecule has 0 saturated carbocycles. The molecule has 2 aromatic rings. The van der Waals surface area contributed by atoms with Crippen LogP contribution in [0.15, 0.2) is 28.7 Å². The van der Waals surface area contributed by atoms with Crippen LogP contribution in [0.4, 0.5) is 4.79 Å². The average Bonchev–Trinajstić information content (AvgIpc) is 2.86. The van der Waals surface area contributed by atoms with Crippen molar-refractivity contribution in [3.63, 3.8) is 0 Å². The van der Waals surface area contributed by atoms with Gasteiger partial charge in [0.1, 0.15) is 11.3 Å². The van der Waals surface area contributed by atoms with E-state index in [0.717, 1.165) is 22.3 Å². The van der Waals surface area contributed by atoms with Gasteiger partial charge in [-0.1, -0.05) is 18.2 Å². The summed E-state index contributed by atoms with van der Waals surface area (Å²) in [5.74, 6) is 0.716. The predicted octanol–water partition coefficient (Wildman–Crippen LogP) is 3.41. The molecule has 0 bridgehead atoms. The summed E-state index contributed by atoms with van der Waals surface area (Å²) >= 11 is 0. The zero-order valence-electron chi connectivity index (χ0n) is 15.7. The lowest BCUT2D eigenvalue weighted by molar-refractivity contribution is 0.195. The molecular formula is C19H26N2O4S. The zero-order chi connectivity index (χ0) is 19.1. The van der Waals surface area contributed by atoms with E-state index >= 15 is 0 Å². The Balaban J connectivity index is 1.74. The first-order chi connectivity index (χ1) is 12.1. The maximum absolute atomic E-state index is 12.7. The van der Waals surface area contributed by atoms with Crippen LogP contribution in [0.3, 0.4) is 0 Å². The first kappa shape index (κ1) is 18.8. The van der Waals surface area contributed by atoms with Crippen LogP contribution < -0.4 is 5.32 Å². The SMILES string of the molecule is Cc1c([C@@H](C)NC(=O)N2CCC(C)(C)S(=O)(=O)CC2)oc2ccccc12. The highest BCUT2D eigenvalue weighted by Crippen LogP contribution is 2.29. The summed E-state index contributed by atoms with van der Waals surface area (Å²) in [5.41, 5.74) is 1.80. The maximum Gasteiger partial charge on any atom is 0.318 e. The number of aryl methyl sites for hydroxylation is 1. The van der Waals surface area contributed by atoms with Gasteiger partial charge in [0.05, 0.1) is 16.5 Å². The summed E-state index contributed by atoms with van der Waals surface area (Å²) in [6, 6.07) is 7.21. The van der Waals surface area contributed by atoms with Crippen LogP contribution in [-0.2, 0) is 9.84 Å². The van der Waals surface area contributed by atoms with Gasteiger partial charge in [-0.15, -0.1) is 0 Å². The fourth-order valence-electron chi connectivity index (χ4n) is 3.33. The Morgan fingerprint density at radius 3 is 2.65 bits per heavy atom. The van der Waals surface area contributed by atoms with Gasteiger partial charge in [0.25, 0.3) is 0 Å². The number of rotatable bonds is 2. The summed E-state index contributed by atoms with van der Waals surface area (Å²) in [6.07, 6.45) is 0.431. The Labute approximate surface area is 154 Å². The van der Waals surface area contributed by atoms with E-state index in [0.29, 0.717) is 13.0 Å². The normalized spacial score (nSPS) is 20.5. The molecule has 1 fully saturated rings. The summed E-state index contributed by atoms with van der Waals surface area (Å²) in [7, 11) is -3.21. The molecule has 1 aromatic heterocycles. The van der Waals surface area contributed by atoms with Crippen molar-refractivity contribution in [1.29, 1.82) is 0 Å². The van der Waals surface area contributed by atoms with Crippen LogP contribution in [0.2, 0.25) is 0 Å². The molecule has 1 aromatic carbocycles. The third-order valence-electron chi connectivity index (χ3n) is 5.36. The standard InChI is InChI=1S/C19H26N2O4S/c1-13-15-7-5-6-8-16(15)25-17(13)14(2)20-18(22)21-10-9-19(3,4)26(23,24)12-11-21/h5-8,14H,9-12H2,1-4H3,(H,20,22)/t14-/m1/s1. The van der Waals surface area contributed by atoms with Crippen molar-refractivity contribution in [3.8, 4) is 0 Å². The van der Waals surface area contributed by atoms with E-state index in [1.165, 1.54) is 0 Å². The molecule has 0 aliphatic carbocycles. The maximum atomic E-state index is 12.7. The molecule has 1 aliphatic rings. The molecule has 26 heavy (non-hydrogen) atoms. The summed E-state index contributed by atoms with van der Waals surface area (Å²) in [5, 5.41) is 3.98. The van der Waals surface area contributed by atoms with Crippen molar-refractivity contribution in [2.75, 3.05) is 18.8 Å². The lowest BCUT2D eigenvalue weighted by Crippen LogP contribution is -2.42. The monoisotopic (exact) mass is 378 g/mol. The lowest BCUT2D eigenvalue weighted by Gasteiger charge is -2.24. The molecule has 0 spiro atoms. The molecule has 2 heterocycles. The summed E-state index contributed by atoms with van der Waals surface area (Å²) < 4.78 is 29.7. The number of urea groups is 1. The number of hydrogen-bond donors (Lipinski definition) is 1. The predicted molar refractivity (Wildman–Crippen MR) is 102 cm³/mol. The van der Waals surface area contributed by atoms with Gasteiger partial charge in [-0.2, -0.15) is 0 Å². The number of nitrogens with one attached hydrogen (secondary N) is 1. The molecule has 1 aliphatic heterocycles. The second-order valence-electron chi connectivity index (χ2n) is 7.57. The molecule has 6 nitrogen and oxygen atoms in total. The molecule has 2 amide bonds. The Hall–Kier alpha value is -2.02. The summed E-state index contributed by atoms with van der Waals surface area (Å²) in [4.78, 5) is 14.2. The molecule has 3 rings (SSSR count). The molecule has 1 N–H and O–H groups in total.